The normalized spacial score (nSPS) is 11.0. The van der Waals surface area contributed by atoms with Crippen LogP contribution in [0.2, 0.25) is 5.02 Å². The van der Waals surface area contributed by atoms with Gasteiger partial charge >= 0.3 is 5.97 Å². The van der Waals surface area contributed by atoms with Gasteiger partial charge in [-0.25, -0.2) is 4.79 Å². The van der Waals surface area contributed by atoms with E-state index in [1.807, 2.05) is 0 Å². The van der Waals surface area contributed by atoms with Gasteiger partial charge in [0.25, 0.3) is 5.56 Å². The maximum atomic E-state index is 12.7. The molecule has 0 unspecified atom stereocenters. The highest BCUT2D eigenvalue weighted by atomic mass is 35.5. The lowest BCUT2D eigenvalue weighted by atomic mass is 10.1. The molecule has 6 heteroatoms. The number of benzene rings is 2. The Kier molecular flexibility index (Phi) is 4.36. The molecule has 0 N–H and O–H groups in total. The van der Waals surface area contributed by atoms with Gasteiger partial charge < -0.3 is 4.74 Å². The van der Waals surface area contributed by atoms with E-state index in [2.05, 4.69) is 5.10 Å². The van der Waals surface area contributed by atoms with Gasteiger partial charge in [0.05, 0.1) is 17.2 Å². The van der Waals surface area contributed by atoms with Gasteiger partial charge in [-0.3, -0.25) is 4.79 Å². The van der Waals surface area contributed by atoms with Gasteiger partial charge in [0, 0.05) is 10.4 Å². The van der Waals surface area contributed by atoms with E-state index in [1.165, 1.54) is 4.68 Å². The van der Waals surface area contributed by atoms with Crippen LogP contribution in [0.25, 0.3) is 16.5 Å². The molecule has 1 aromatic heterocycles. The Morgan fingerprint density at radius 3 is 2.33 bits per heavy atom. The molecule has 0 amide bonds. The van der Waals surface area contributed by atoms with Crippen molar-refractivity contribution in [1.29, 1.82) is 0 Å². The third-order valence-corrected chi connectivity index (χ3v) is 3.66. The highest BCUT2D eigenvalue weighted by Crippen LogP contribution is 2.17. The van der Waals surface area contributed by atoms with Crippen LogP contribution in [-0.2, 0) is 4.74 Å². The van der Waals surface area contributed by atoms with E-state index in [4.69, 9.17) is 16.3 Å². The van der Waals surface area contributed by atoms with Gasteiger partial charge in [0.2, 0.25) is 0 Å². The third kappa shape index (κ3) is 3.03. The molecule has 3 rings (SSSR count). The molecule has 0 saturated heterocycles. The molecule has 0 atom stereocenters. The molecule has 24 heavy (non-hydrogen) atoms. The number of hydrogen-bond acceptors (Lipinski definition) is 4. The summed E-state index contributed by atoms with van der Waals surface area (Å²) in [4.78, 5) is 25.1. The van der Waals surface area contributed by atoms with E-state index >= 15 is 0 Å². The number of ether oxygens (including phenoxy) is 1. The highest BCUT2D eigenvalue weighted by Gasteiger charge is 2.19. The molecule has 0 spiro atoms. The van der Waals surface area contributed by atoms with Crippen molar-refractivity contribution in [2.75, 3.05) is 0 Å². The number of hydrogen-bond donors (Lipinski definition) is 0. The van der Waals surface area contributed by atoms with Crippen molar-refractivity contribution in [1.82, 2.24) is 9.78 Å². The van der Waals surface area contributed by atoms with Crippen LogP contribution in [0.4, 0.5) is 0 Å². The molecule has 1 heterocycles. The van der Waals surface area contributed by atoms with Gasteiger partial charge in [0.1, 0.15) is 0 Å². The Hall–Kier alpha value is -2.66. The lowest BCUT2D eigenvalue weighted by Crippen LogP contribution is -2.25. The number of esters is 1. The lowest BCUT2D eigenvalue weighted by molar-refractivity contribution is 0.0371. The van der Waals surface area contributed by atoms with Crippen molar-refractivity contribution in [2.24, 2.45) is 0 Å². The van der Waals surface area contributed by atoms with Crippen LogP contribution >= 0.6 is 11.6 Å². The fourth-order valence-corrected chi connectivity index (χ4v) is 2.49. The molecule has 2 aromatic carbocycles. The zero-order valence-electron chi connectivity index (χ0n) is 13.2. The zero-order chi connectivity index (χ0) is 17.3. The van der Waals surface area contributed by atoms with E-state index in [9.17, 15) is 9.59 Å². The standard InChI is InChI=1S/C18H15ClN2O3/c1-11(2)24-18(23)16-14-5-3-4-6-15(14)17(22)21(20-16)13-9-7-12(19)8-10-13/h3-11H,1-2H3. The van der Waals surface area contributed by atoms with E-state index in [0.717, 1.165) is 0 Å². The van der Waals surface area contributed by atoms with Crippen LogP contribution in [0.3, 0.4) is 0 Å². The van der Waals surface area contributed by atoms with Gasteiger partial charge in [-0.2, -0.15) is 9.78 Å². The Morgan fingerprint density at radius 1 is 1.08 bits per heavy atom. The Bertz CT molecular complexity index is 962. The summed E-state index contributed by atoms with van der Waals surface area (Å²) >= 11 is 5.89. The number of carbonyl (C=O) groups excluding carboxylic acids is 1. The topological polar surface area (TPSA) is 61.2 Å². The first-order valence-electron chi connectivity index (χ1n) is 7.46. The first kappa shape index (κ1) is 16.2. The highest BCUT2D eigenvalue weighted by molar-refractivity contribution is 6.30. The third-order valence-electron chi connectivity index (χ3n) is 3.41. The predicted molar refractivity (Wildman–Crippen MR) is 92.9 cm³/mol. The smallest absolute Gasteiger partial charge is 0.359 e. The average Bonchev–Trinajstić information content (AvgIpc) is 2.56. The first-order valence-corrected chi connectivity index (χ1v) is 7.84. The van der Waals surface area contributed by atoms with Crippen molar-refractivity contribution >= 4 is 28.3 Å². The van der Waals surface area contributed by atoms with Gasteiger partial charge in [-0.15, -0.1) is 0 Å². The molecule has 122 valence electrons. The van der Waals surface area contributed by atoms with Crippen LogP contribution in [0.15, 0.2) is 53.3 Å². The van der Waals surface area contributed by atoms with Crippen molar-refractivity contribution in [2.45, 2.75) is 20.0 Å². The number of fused-ring (bicyclic) bond motifs is 1. The Morgan fingerprint density at radius 2 is 1.71 bits per heavy atom. The second-order valence-corrected chi connectivity index (χ2v) is 5.98. The first-order chi connectivity index (χ1) is 11.5. The van der Waals surface area contributed by atoms with Crippen LogP contribution in [0, 0.1) is 0 Å². The van der Waals surface area contributed by atoms with Crippen molar-refractivity contribution in [3.63, 3.8) is 0 Å². The van der Waals surface area contributed by atoms with Crippen molar-refractivity contribution in [3.8, 4) is 5.69 Å². The van der Waals surface area contributed by atoms with Crippen LogP contribution in [0.1, 0.15) is 24.3 Å². The van der Waals surface area contributed by atoms with Crippen LogP contribution < -0.4 is 5.56 Å². The molecule has 0 aliphatic heterocycles. The summed E-state index contributed by atoms with van der Waals surface area (Å²) in [7, 11) is 0. The van der Waals surface area contributed by atoms with Gasteiger partial charge in [-0.05, 0) is 44.2 Å². The largest absolute Gasteiger partial charge is 0.458 e. The zero-order valence-corrected chi connectivity index (χ0v) is 13.9. The van der Waals surface area contributed by atoms with E-state index in [-0.39, 0.29) is 17.4 Å². The number of nitrogens with zero attached hydrogens (tertiary/aromatic N) is 2. The second-order valence-electron chi connectivity index (χ2n) is 5.54. The van der Waals surface area contributed by atoms with Crippen LogP contribution in [-0.4, -0.2) is 21.9 Å². The minimum absolute atomic E-state index is 0.105. The van der Waals surface area contributed by atoms with Crippen molar-refractivity contribution in [3.05, 3.63) is 69.6 Å². The van der Waals surface area contributed by atoms with Gasteiger partial charge in [-0.1, -0.05) is 29.8 Å². The second kappa shape index (κ2) is 6.45. The molecule has 5 nitrogen and oxygen atoms in total. The van der Waals surface area contributed by atoms with E-state index < -0.39 is 5.97 Å². The summed E-state index contributed by atoms with van der Waals surface area (Å²) in [5, 5.41) is 5.66. The number of carbonyl (C=O) groups is 1. The maximum absolute atomic E-state index is 12.7. The van der Waals surface area contributed by atoms with E-state index in [1.54, 1.807) is 62.4 Å². The summed E-state index contributed by atoms with van der Waals surface area (Å²) in [5.74, 6) is -0.566. The summed E-state index contributed by atoms with van der Waals surface area (Å²) in [6, 6.07) is 13.5. The Labute approximate surface area is 143 Å². The summed E-state index contributed by atoms with van der Waals surface area (Å²) < 4.78 is 6.45. The monoisotopic (exact) mass is 342 g/mol. The quantitative estimate of drug-likeness (QED) is 0.682. The number of halogens is 1. The molecule has 0 saturated carbocycles. The minimum Gasteiger partial charge on any atom is -0.458 e. The molecule has 0 bridgehead atoms. The summed E-state index contributed by atoms with van der Waals surface area (Å²) in [5.41, 5.74) is 0.316. The number of aromatic nitrogens is 2. The molecule has 0 radical (unpaired) electrons. The van der Waals surface area contributed by atoms with Gasteiger partial charge in [0.15, 0.2) is 5.69 Å². The Balaban J connectivity index is 2.27. The molecule has 0 fully saturated rings. The average molecular weight is 343 g/mol. The van der Waals surface area contributed by atoms with E-state index in [0.29, 0.717) is 21.5 Å². The maximum Gasteiger partial charge on any atom is 0.359 e. The summed E-state index contributed by atoms with van der Waals surface area (Å²) in [6.07, 6.45) is -0.283. The predicted octanol–water partition coefficient (Wildman–Crippen LogP) is 3.60. The number of rotatable bonds is 3. The molecule has 3 aromatic rings. The molecular weight excluding hydrogens is 328 g/mol. The fraction of sp³-hybridized carbons (Fsp3) is 0.167. The fourth-order valence-electron chi connectivity index (χ4n) is 2.37. The van der Waals surface area contributed by atoms with Crippen LogP contribution in [0.5, 0.6) is 0 Å². The molecular formula is C18H15ClN2O3. The lowest BCUT2D eigenvalue weighted by Gasteiger charge is -2.12. The molecule has 0 aliphatic rings. The SMILES string of the molecule is CC(C)OC(=O)c1nn(-c2ccc(Cl)cc2)c(=O)c2ccccc12. The minimum atomic E-state index is -0.566. The van der Waals surface area contributed by atoms with Crippen molar-refractivity contribution < 1.29 is 9.53 Å². The molecule has 0 aliphatic carbocycles. The summed E-state index contributed by atoms with van der Waals surface area (Å²) in [6.45, 7) is 3.52.